The van der Waals surface area contributed by atoms with Gasteiger partial charge in [-0.2, -0.15) is 0 Å². The summed E-state index contributed by atoms with van der Waals surface area (Å²) in [6.45, 7) is 6.39. The van der Waals surface area contributed by atoms with Gasteiger partial charge in [0, 0.05) is 0 Å². The summed E-state index contributed by atoms with van der Waals surface area (Å²) in [6, 6.07) is 1.56. The summed E-state index contributed by atoms with van der Waals surface area (Å²) in [5.74, 6) is -0.0469. The van der Waals surface area contributed by atoms with Crippen molar-refractivity contribution in [3.63, 3.8) is 0 Å². The number of furan rings is 1. The quantitative estimate of drug-likeness (QED) is 0.628. The lowest BCUT2D eigenvalue weighted by Crippen LogP contribution is -2.21. The Kier molecular flexibility index (Phi) is 2.79. The predicted molar refractivity (Wildman–Crippen MR) is 73.5 cm³/mol. The first-order chi connectivity index (χ1) is 10.0. The molecule has 8 nitrogen and oxygen atoms in total. The molecule has 0 radical (unpaired) electrons. The first kappa shape index (κ1) is 13.0. The van der Waals surface area contributed by atoms with Gasteiger partial charge in [0.05, 0.1) is 5.56 Å². The van der Waals surface area contributed by atoms with E-state index < -0.39 is 6.10 Å². The van der Waals surface area contributed by atoms with Crippen LogP contribution in [0.2, 0.25) is 0 Å². The highest BCUT2D eigenvalue weighted by atomic mass is 16.5. The molecule has 1 unspecified atom stereocenters. The number of aliphatic imine (C=N–C) groups is 2. The molecule has 2 bridgehead atoms. The second-order valence-electron chi connectivity index (χ2n) is 4.34. The van der Waals surface area contributed by atoms with E-state index in [0.717, 1.165) is 0 Å². The van der Waals surface area contributed by atoms with Gasteiger partial charge in [0.15, 0.2) is 18.1 Å². The van der Waals surface area contributed by atoms with Crippen LogP contribution in [0.3, 0.4) is 0 Å². The van der Waals surface area contributed by atoms with Crippen molar-refractivity contribution >= 4 is 30.1 Å². The Bertz CT molecular complexity index is 743. The number of nitrogens with one attached hydrogen (secondary N) is 2. The van der Waals surface area contributed by atoms with E-state index >= 15 is 0 Å². The van der Waals surface area contributed by atoms with Crippen LogP contribution in [0, 0.1) is 10.8 Å². The number of carbonyl (C=O) groups is 1. The maximum absolute atomic E-state index is 11.5. The Balaban J connectivity index is 1.61. The molecular formula is C13H10N4O4. The molecule has 8 heteroatoms. The van der Waals surface area contributed by atoms with Crippen LogP contribution in [0.1, 0.15) is 28.0 Å². The Morgan fingerprint density at radius 2 is 2.29 bits per heavy atom. The van der Waals surface area contributed by atoms with Gasteiger partial charge in [-0.15, -0.1) is 0 Å². The fourth-order valence-electron chi connectivity index (χ4n) is 2.00. The topological polar surface area (TPSA) is 121 Å². The van der Waals surface area contributed by atoms with Gasteiger partial charge in [0.2, 0.25) is 17.9 Å². The summed E-state index contributed by atoms with van der Waals surface area (Å²) in [5.41, 5.74) is 0.872. The molecule has 0 aromatic carbocycles. The molecule has 21 heavy (non-hydrogen) atoms. The van der Waals surface area contributed by atoms with Crippen LogP contribution in [0.5, 0.6) is 0 Å². The molecule has 2 aliphatic heterocycles. The zero-order valence-corrected chi connectivity index (χ0v) is 10.8. The molecule has 1 aromatic rings. The van der Waals surface area contributed by atoms with E-state index in [1.54, 1.807) is 6.07 Å². The fraction of sp³-hybridized carbons (Fsp3) is 0.154. The highest BCUT2D eigenvalue weighted by Gasteiger charge is 2.44. The highest BCUT2D eigenvalue weighted by molar-refractivity contribution is 6.23. The van der Waals surface area contributed by atoms with Crippen molar-refractivity contribution < 1.29 is 18.7 Å². The van der Waals surface area contributed by atoms with Gasteiger partial charge in [-0.05, 0) is 12.8 Å². The third-order valence-electron chi connectivity index (χ3n) is 3.00. The molecule has 0 fully saturated rings. The smallest absolute Gasteiger partial charge is 0.281 e. The van der Waals surface area contributed by atoms with Crippen LogP contribution in [0.4, 0.5) is 0 Å². The number of fused-ring (bicyclic) bond motifs is 1. The van der Waals surface area contributed by atoms with Crippen molar-refractivity contribution in [3.05, 3.63) is 35.4 Å². The normalized spacial score (nSPS) is 17.4. The standard InChI is InChI=1S/C13H10N4O4/c1-5(16-2)12(15)19-4-8(14)21-11-7-3-6-10(20-7)9(11)17-13(6)18/h3,11,14-15H,1-2,4H2. The molecule has 2 aliphatic rings. The Hall–Kier alpha value is -3.03. The number of carbonyl (C=O) groups excluding carboxylic acids is 1. The summed E-state index contributed by atoms with van der Waals surface area (Å²) in [5, 5.41) is 15.1. The second-order valence-corrected chi connectivity index (χ2v) is 4.34. The lowest BCUT2D eigenvalue weighted by Gasteiger charge is -2.14. The second kappa shape index (κ2) is 4.51. The zero-order chi connectivity index (χ0) is 15.1. The molecule has 1 aromatic heterocycles. The van der Waals surface area contributed by atoms with Crippen molar-refractivity contribution in [1.29, 1.82) is 10.8 Å². The Morgan fingerprint density at radius 3 is 3.00 bits per heavy atom. The molecule has 0 spiro atoms. The lowest BCUT2D eigenvalue weighted by atomic mass is 10.1. The molecule has 3 rings (SSSR count). The summed E-state index contributed by atoms with van der Waals surface area (Å²) < 4.78 is 15.7. The van der Waals surface area contributed by atoms with Crippen LogP contribution in [-0.2, 0) is 9.47 Å². The van der Waals surface area contributed by atoms with Crippen LogP contribution < -0.4 is 0 Å². The van der Waals surface area contributed by atoms with E-state index in [2.05, 4.69) is 23.3 Å². The van der Waals surface area contributed by atoms with Crippen LogP contribution >= 0.6 is 0 Å². The largest absolute Gasteiger partial charge is 0.467 e. The average molecular weight is 286 g/mol. The van der Waals surface area contributed by atoms with Crippen LogP contribution in [0.15, 0.2) is 32.7 Å². The average Bonchev–Trinajstić information content (AvgIpc) is 3.08. The molecule has 0 saturated heterocycles. The van der Waals surface area contributed by atoms with Gasteiger partial charge in [0.1, 0.15) is 11.4 Å². The van der Waals surface area contributed by atoms with Gasteiger partial charge in [-0.25, -0.2) is 4.99 Å². The Morgan fingerprint density at radius 1 is 1.52 bits per heavy atom. The van der Waals surface area contributed by atoms with Crippen molar-refractivity contribution in [2.24, 2.45) is 9.98 Å². The first-order valence-corrected chi connectivity index (χ1v) is 5.89. The molecule has 2 N–H and O–H groups in total. The van der Waals surface area contributed by atoms with Gasteiger partial charge in [0.25, 0.3) is 5.91 Å². The van der Waals surface area contributed by atoms with Crippen LogP contribution in [-0.4, -0.2) is 36.7 Å². The summed E-state index contributed by atoms with van der Waals surface area (Å²) >= 11 is 0. The Labute approximate surface area is 118 Å². The maximum atomic E-state index is 11.5. The highest BCUT2D eigenvalue weighted by Crippen LogP contribution is 2.40. The van der Waals surface area contributed by atoms with Crippen molar-refractivity contribution in [2.45, 2.75) is 6.10 Å². The van der Waals surface area contributed by atoms with Crippen molar-refractivity contribution in [1.82, 2.24) is 0 Å². The van der Waals surface area contributed by atoms with Crippen molar-refractivity contribution in [3.8, 4) is 0 Å². The van der Waals surface area contributed by atoms with E-state index in [9.17, 15) is 4.79 Å². The first-order valence-electron chi connectivity index (χ1n) is 5.89. The predicted octanol–water partition coefficient (Wildman–Crippen LogP) is 1.48. The number of nitrogens with zero attached hydrogens (tertiary/aromatic N) is 2. The minimum atomic E-state index is -0.707. The molecule has 1 atom stereocenters. The third-order valence-corrected chi connectivity index (χ3v) is 3.00. The number of ether oxygens (including phenoxy) is 2. The van der Waals surface area contributed by atoms with Gasteiger partial charge >= 0.3 is 0 Å². The lowest BCUT2D eigenvalue weighted by molar-refractivity contribution is 0.101. The minimum Gasteiger partial charge on any atom is -0.467 e. The molecule has 1 amide bonds. The molecular weight excluding hydrogens is 276 g/mol. The van der Waals surface area contributed by atoms with E-state index in [4.69, 9.17) is 24.7 Å². The van der Waals surface area contributed by atoms with Crippen LogP contribution in [0.25, 0.3) is 0 Å². The van der Waals surface area contributed by atoms with Gasteiger partial charge in [-0.3, -0.25) is 20.6 Å². The van der Waals surface area contributed by atoms with Gasteiger partial charge in [-0.1, -0.05) is 6.58 Å². The summed E-state index contributed by atoms with van der Waals surface area (Å²) in [6.07, 6.45) is -0.707. The number of hydrogen-bond donors (Lipinski definition) is 2. The number of hydrogen-bond acceptors (Lipinski definition) is 7. The van der Waals surface area contributed by atoms with E-state index in [-0.39, 0.29) is 30.0 Å². The SMILES string of the molecule is C=NC(=C)C(=N)OCC(=N)OC1C2=NC(=O)c3cc1oc32. The molecule has 106 valence electrons. The third kappa shape index (κ3) is 1.97. The minimum absolute atomic E-state index is 0.0642. The van der Waals surface area contributed by atoms with E-state index in [1.165, 1.54) is 0 Å². The van der Waals surface area contributed by atoms with E-state index in [1.807, 2.05) is 0 Å². The number of amides is 1. The molecule has 0 aliphatic carbocycles. The van der Waals surface area contributed by atoms with Gasteiger partial charge < -0.3 is 13.9 Å². The fourth-order valence-corrected chi connectivity index (χ4v) is 2.00. The maximum Gasteiger partial charge on any atom is 0.281 e. The molecule has 0 saturated carbocycles. The summed E-state index contributed by atoms with van der Waals surface area (Å²) in [4.78, 5) is 18.8. The van der Waals surface area contributed by atoms with Crippen molar-refractivity contribution in [2.75, 3.05) is 6.61 Å². The monoisotopic (exact) mass is 286 g/mol. The number of rotatable bonds is 5. The zero-order valence-electron chi connectivity index (χ0n) is 10.8. The molecule has 3 heterocycles. The van der Waals surface area contributed by atoms with E-state index in [0.29, 0.717) is 22.8 Å². The summed E-state index contributed by atoms with van der Waals surface area (Å²) in [7, 11) is 0.